The lowest BCUT2D eigenvalue weighted by Gasteiger charge is -2.07. The predicted octanol–water partition coefficient (Wildman–Crippen LogP) is 2.92. The first kappa shape index (κ1) is 12.7. The third-order valence-electron chi connectivity index (χ3n) is 3.05. The Morgan fingerprint density at radius 3 is 2.95 bits per heavy atom. The minimum Gasteiger partial charge on any atom is -0.348 e. The van der Waals surface area contributed by atoms with Gasteiger partial charge in [-0.05, 0) is 23.8 Å². The monoisotopic (exact) mass is 285 g/mol. The molecule has 0 fully saturated rings. The van der Waals surface area contributed by atoms with Gasteiger partial charge < -0.3 is 9.72 Å². The zero-order valence-corrected chi connectivity index (χ0v) is 11.3. The van der Waals surface area contributed by atoms with Gasteiger partial charge in [-0.2, -0.15) is 0 Å². The lowest BCUT2D eigenvalue weighted by molar-refractivity contribution is 0.0950. The summed E-state index contributed by atoms with van der Waals surface area (Å²) in [6, 6.07) is 11.0. The molecular formula is C15H12ClN3O. The van der Waals surface area contributed by atoms with Crippen LogP contribution in [0.4, 0.5) is 0 Å². The van der Waals surface area contributed by atoms with Gasteiger partial charge in [0.2, 0.25) is 0 Å². The van der Waals surface area contributed by atoms with Gasteiger partial charge in [-0.15, -0.1) is 0 Å². The van der Waals surface area contributed by atoms with E-state index in [0.29, 0.717) is 17.1 Å². The summed E-state index contributed by atoms with van der Waals surface area (Å²) in [5.74, 6) is -0.138. The molecule has 5 heteroatoms. The Kier molecular flexibility index (Phi) is 3.39. The molecule has 0 radical (unpaired) electrons. The summed E-state index contributed by atoms with van der Waals surface area (Å²) >= 11 is 6.05. The van der Waals surface area contributed by atoms with Crippen molar-refractivity contribution in [3.8, 4) is 0 Å². The number of hydrogen-bond acceptors (Lipinski definition) is 2. The number of halogens is 1. The summed E-state index contributed by atoms with van der Waals surface area (Å²) in [4.78, 5) is 16.2. The van der Waals surface area contributed by atoms with E-state index in [1.54, 1.807) is 30.7 Å². The number of fused-ring (bicyclic) bond motifs is 1. The molecule has 0 aliphatic carbocycles. The van der Waals surface area contributed by atoms with Gasteiger partial charge in [-0.3, -0.25) is 4.79 Å². The van der Waals surface area contributed by atoms with Crippen molar-refractivity contribution in [2.24, 2.45) is 0 Å². The average Bonchev–Trinajstić information content (AvgIpc) is 2.93. The van der Waals surface area contributed by atoms with Crippen molar-refractivity contribution in [3.63, 3.8) is 0 Å². The molecule has 3 rings (SSSR count). The predicted molar refractivity (Wildman–Crippen MR) is 77.8 cm³/mol. The van der Waals surface area contributed by atoms with Crippen LogP contribution in [0.1, 0.15) is 15.9 Å². The lowest BCUT2D eigenvalue weighted by Crippen LogP contribution is -2.23. The van der Waals surface area contributed by atoms with E-state index in [2.05, 4.69) is 10.3 Å². The summed E-state index contributed by atoms with van der Waals surface area (Å²) in [5.41, 5.74) is 2.29. The molecule has 3 aromatic rings. The SMILES string of the molecule is O=C(NCc1ccccc1Cl)c1ccc2nccn2c1. The third kappa shape index (κ3) is 2.51. The fourth-order valence-electron chi connectivity index (χ4n) is 1.97. The molecule has 1 N–H and O–H groups in total. The van der Waals surface area contributed by atoms with Crippen LogP contribution in [0.15, 0.2) is 55.0 Å². The number of carbonyl (C=O) groups excluding carboxylic acids is 1. The Morgan fingerprint density at radius 2 is 2.10 bits per heavy atom. The van der Waals surface area contributed by atoms with Crippen LogP contribution in [0.3, 0.4) is 0 Å². The van der Waals surface area contributed by atoms with Gasteiger partial charge in [0, 0.05) is 30.2 Å². The number of amides is 1. The van der Waals surface area contributed by atoms with Crippen LogP contribution in [0, 0.1) is 0 Å². The van der Waals surface area contributed by atoms with E-state index < -0.39 is 0 Å². The summed E-state index contributed by atoms with van der Waals surface area (Å²) in [6.07, 6.45) is 5.26. The molecule has 4 nitrogen and oxygen atoms in total. The molecule has 0 saturated heterocycles. The second-order valence-corrected chi connectivity index (χ2v) is 4.79. The van der Waals surface area contributed by atoms with Gasteiger partial charge in [-0.1, -0.05) is 29.8 Å². The Hall–Kier alpha value is -2.33. The number of pyridine rings is 1. The van der Waals surface area contributed by atoms with Crippen molar-refractivity contribution in [2.75, 3.05) is 0 Å². The quantitative estimate of drug-likeness (QED) is 0.804. The van der Waals surface area contributed by atoms with Crippen molar-refractivity contribution in [3.05, 3.63) is 71.1 Å². The number of aromatic nitrogens is 2. The number of carbonyl (C=O) groups is 1. The molecule has 2 aromatic heterocycles. The van der Waals surface area contributed by atoms with E-state index in [4.69, 9.17) is 11.6 Å². The highest BCUT2D eigenvalue weighted by molar-refractivity contribution is 6.31. The number of nitrogens with zero attached hydrogens (tertiary/aromatic N) is 2. The van der Waals surface area contributed by atoms with Crippen molar-refractivity contribution in [1.82, 2.24) is 14.7 Å². The molecule has 100 valence electrons. The minimum atomic E-state index is -0.138. The highest BCUT2D eigenvalue weighted by atomic mass is 35.5. The molecule has 0 aliphatic rings. The standard InChI is InChI=1S/C15H12ClN3O/c16-13-4-2-1-3-11(13)9-18-15(20)12-5-6-14-17-7-8-19(14)10-12/h1-8,10H,9H2,(H,18,20). The lowest BCUT2D eigenvalue weighted by atomic mass is 10.2. The zero-order valence-electron chi connectivity index (χ0n) is 10.6. The van der Waals surface area contributed by atoms with Gasteiger partial charge in [0.15, 0.2) is 0 Å². The van der Waals surface area contributed by atoms with Crippen LogP contribution in [0.25, 0.3) is 5.65 Å². The van der Waals surface area contributed by atoms with Crippen LogP contribution >= 0.6 is 11.6 Å². The van der Waals surface area contributed by atoms with E-state index in [9.17, 15) is 4.79 Å². The summed E-state index contributed by atoms with van der Waals surface area (Å²) in [5, 5.41) is 3.51. The number of hydrogen-bond donors (Lipinski definition) is 1. The van der Waals surface area contributed by atoms with Crippen molar-refractivity contribution >= 4 is 23.2 Å². The van der Waals surface area contributed by atoms with Gasteiger partial charge in [0.25, 0.3) is 5.91 Å². The first-order valence-corrected chi connectivity index (χ1v) is 6.56. The number of rotatable bonds is 3. The second kappa shape index (κ2) is 5.35. The zero-order chi connectivity index (χ0) is 13.9. The molecule has 0 bridgehead atoms. The summed E-state index contributed by atoms with van der Waals surface area (Å²) in [6.45, 7) is 0.403. The van der Waals surface area contributed by atoms with Crippen molar-refractivity contribution in [1.29, 1.82) is 0 Å². The summed E-state index contributed by atoms with van der Waals surface area (Å²) < 4.78 is 1.81. The van der Waals surface area contributed by atoms with Crippen LogP contribution in [0.5, 0.6) is 0 Å². The number of imidazole rings is 1. The van der Waals surface area contributed by atoms with Crippen molar-refractivity contribution in [2.45, 2.75) is 6.54 Å². The molecule has 1 aromatic carbocycles. The maximum absolute atomic E-state index is 12.1. The fraction of sp³-hybridized carbons (Fsp3) is 0.0667. The Labute approximate surface area is 121 Å². The maximum Gasteiger partial charge on any atom is 0.253 e. The molecule has 0 unspecified atom stereocenters. The Bertz CT molecular complexity index is 766. The van der Waals surface area contributed by atoms with E-state index in [1.165, 1.54) is 0 Å². The van der Waals surface area contributed by atoms with E-state index in [0.717, 1.165) is 11.2 Å². The largest absolute Gasteiger partial charge is 0.348 e. The first-order chi connectivity index (χ1) is 9.74. The molecule has 0 atom stereocenters. The summed E-state index contributed by atoms with van der Waals surface area (Å²) in [7, 11) is 0. The van der Waals surface area contributed by atoms with Crippen LogP contribution in [-0.2, 0) is 6.54 Å². The second-order valence-electron chi connectivity index (χ2n) is 4.38. The molecular weight excluding hydrogens is 274 g/mol. The van der Waals surface area contributed by atoms with Crippen LogP contribution < -0.4 is 5.32 Å². The first-order valence-electron chi connectivity index (χ1n) is 6.18. The van der Waals surface area contributed by atoms with Gasteiger partial charge in [0.1, 0.15) is 5.65 Å². The highest BCUT2D eigenvalue weighted by Gasteiger charge is 2.07. The van der Waals surface area contributed by atoms with Gasteiger partial charge in [-0.25, -0.2) is 4.98 Å². The average molecular weight is 286 g/mol. The molecule has 20 heavy (non-hydrogen) atoms. The van der Waals surface area contributed by atoms with Gasteiger partial charge in [0.05, 0.1) is 5.56 Å². The minimum absolute atomic E-state index is 0.138. The van der Waals surface area contributed by atoms with Gasteiger partial charge >= 0.3 is 0 Å². The number of benzene rings is 1. The topological polar surface area (TPSA) is 46.4 Å². The highest BCUT2D eigenvalue weighted by Crippen LogP contribution is 2.14. The van der Waals surface area contributed by atoms with Crippen molar-refractivity contribution < 1.29 is 4.79 Å². The van der Waals surface area contributed by atoms with E-state index in [1.807, 2.05) is 28.7 Å². The molecule has 0 saturated carbocycles. The molecule has 0 aliphatic heterocycles. The smallest absolute Gasteiger partial charge is 0.253 e. The van der Waals surface area contributed by atoms with E-state index >= 15 is 0 Å². The maximum atomic E-state index is 12.1. The Morgan fingerprint density at radius 1 is 1.25 bits per heavy atom. The molecule has 0 spiro atoms. The normalized spacial score (nSPS) is 10.7. The number of nitrogens with one attached hydrogen (secondary N) is 1. The molecule has 2 heterocycles. The molecule has 1 amide bonds. The van der Waals surface area contributed by atoms with Crippen LogP contribution in [0.2, 0.25) is 5.02 Å². The van der Waals surface area contributed by atoms with Crippen LogP contribution in [-0.4, -0.2) is 15.3 Å². The van der Waals surface area contributed by atoms with E-state index in [-0.39, 0.29) is 5.91 Å². The fourth-order valence-corrected chi connectivity index (χ4v) is 2.18. The Balaban J connectivity index is 1.74. The third-order valence-corrected chi connectivity index (χ3v) is 3.42.